The number of hydrogen-bond acceptors (Lipinski definition) is 8. The molecule has 0 atom stereocenters. The van der Waals surface area contributed by atoms with Gasteiger partial charge in [0, 0.05) is 42.5 Å². The van der Waals surface area contributed by atoms with Gasteiger partial charge in [0.05, 0.1) is 41.4 Å². The zero-order valence-electron chi connectivity index (χ0n) is 20.1. The van der Waals surface area contributed by atoms with Crippen LogP contribution in [0.15, 0.2) is 42.6 Å². The Kier molecular flexibility index (Phi) is 7.72. The predicted octanol–water partition coefficient (Wildman–Crippen LogP) is 4.43. The van der Waals surface area contributed by atoms with Crippen LogP contribution in [0.1, 0.15) is 23.4 Å². The first-order valence-corrected chi connectivity index (χ1v) is 12.8. The highest BCUT2D eigenvalue weighted by Crippen LogP contribution is 2.31. The van der Waals surface area contributed by atoms with Crippen LogP contribution in [0.3, 0.4) is 0 Å². The molecule has 11 heteroatoms. The molecule has 190 valence electrons. The van der Waals surface area contributed by atoms with Gasteiger partial charge in [0.1, 0.15) is 17.4 Å². The summed E-state index contributed by atoms with van der Waals surface area (Å²) in [7, 11) is 0. The molecular weight excluding hydrogens is 511 g/mol. The van der Waals surface area contributed by atoms with E-state index in [1.807, 2.05) is 28.9 Å². The van der Waals surface area contributed by atoms with Crippen LogP contribution in [0.25, 0.3) is 16.8 Å². The number of fused-ring (bicyclic) bond motifs is 1. The van der Waals surface area contributed by atoms with Crippen LogP contribution in [0.4, 0.5) is 11.6 Å². The van der Waals surface area contributed by atoms with Crippen molar-refractivity contribution in [1.82, 2.24) is 24.5 Å². The lowest BCUT2D eigenvalue weighted by Crippen LogP contribution is -2.35. The average Bonchev–Trinajstić information content (AvgIpc) is 3.29. The number of nitrogen functional groups attached to an aromatic ring is 1. The molecular formula is C26H26Cl2N8O. The molecule has 0 unspecified atom stereocenters. The second-order valence-electron chi connectivity index (χ2n) is 8.83. The first kappa shape index (κ1) is 25.2. The Morgan fingerprint density at radius 2 is 1.92 bits per heavy atom. The topological polar surface area (TPSA) is 117 Å². The predicted molar refractivity (Wildman–Crippen MR) is 145 cm³/mol. The van der Waals surface area contributed by atoms with Gasteiger partial charge in [-0.05, 0) is 49.2 Å². The number of ether oxygens (including phenoxy) is 1. The van der Waals surface area contributed by atoms with Gasteiger partial charge in [0.15, 0.2) is 5.82 Å². The van der Waals surface area contributed by atoms with E-state index in [0.717, 1.165) is 67.6 Å². The highest BCUT2D eigenvalue weighted by atomic mass is 35.5. The van der Waals surface area contributed by atoms with Crippen LogP contribution < -0.4 is 11.1 Å². The smallest absolute Gasteiger partial charge is 0.152 e. The van der Waals surface area contributed by atoms with Crippen molar-refractivity contribution in [2.24, 2.45) is 0 Å². The first-order chi connectivity index (χ1) is 18.0. The molecule has 1 fully saturated rings. The number of nitrogens with one attached hydrogen (secondary N) is 1. The van der Waals surface area contributed by atoms with Crippen molar-refractivity contribution in [3.63, 3.8) is 0 Å². The van der Waals surface area contributed by atoms with E-state index in [-0.39, 0.29) is 5.82 Å². The average molecular weight is 537 g/mol. The number of aromatic nitrogens is 4. The third-order valence-electron chi connectivity index (χ3n) is 6.21. The summed E-state index contributed by atoms with van der Waals surface area (Å²) < 4.78 is 7.33. The molecule has 0 spiro atoms. The Morgan fingerprint density at radius 3 is 2.68 bits per heavy atom. The number of benzene rings is 1. The summed E-state index contributed by atoms with van der Waals surface area (Å²) in [6, 6.07) is 13.0. The molecule has 1 aliphatic rings. The largest absolute Gasteiger partial charge is 0.383 e. The van der Waals surface area contributed by atoms with Crippen LogP contribution in [0, 0.1) is 11.3 Å². The lowest BCUT2D eigenvalue weighted by Gasteiger charge is -2.25. The Bertz CT molecular complexity index is 1460. The zero-order valence-corrected chi connectivity index (χ0v) is 21.6. The van der Waals surface area contributed by atoms with Crippen LogP contribution in [0.5, 0.6) is 0 Å². The second kappa shape index (κ2) is 11.3. The maximum atomic E-state index is 9.05. The Morgan fingerprint density at radius 1 is 1.08 bits per heavy atom. The van der Waals surface area contributed by atoms with Crippen LogP contribution in [-0.4, -0.2) is 57.3 Å². The highest BCUT2D eigenvalue weighted by molar-refractivity contribution is 6.36. The normalized spacial score (nSPS) is 14.1. The Balaban J connectivity index is 1.38. The minimum Gasteiger partial charge on any atom is -0.383 e. The molecule has 0 amide bonds. The van der Waals surface area contributed by atoms with Gasteiger partial charge in [-0.3, -0.25) is 4.90 Å². The van der Waals surface area contributed by atoms with Gasteiger partial charge in [-0.25, -0.2) is 14.5 Å². The minimum absolute atomic E-state index is 0.260. The van der Waals surface area contributed by atoms with E-state index in [1.54, 1.807) is 18.2 Å². The fourth-order valence-electron chi connectivity index (χ4n) is 4.29. The van der Waals surface area contributed by atoms with Gasteiger partial charge in [-0.15, -0.1) is 0 Å². The lowest BCUT2D eigenvalue weighted by molar-refractivity contribution is 0.0336. The standard InChI is InChI=1S/C26H26Cl2N8O/c27-18-4-6-21(22(28)12-18)23-16-36-24(13-20(34-36)15-35-8-10-37-11-9-35)26(33-23)31-7-1-2-19-5-3-17(14-29)25(30)32-19/h3-6,12-13,16H,1-2,7-11,15H2,(H2,30,32)(H,31,33). The second-order valence-corrected chi connectivity index (χ2v) is 9.67. The van der Waals surface area contributed by atoms with Crippen molar-refractivity contribution in [2.45, 2.75) is 19.4 Å². The Hall–Kier alpha value is -3.42. The molecule has 0 radical (unpaired) electrons. The van der Waals surface area contributed by atoms with Crippen molar-refractivity contribution in [3.05, 3.63) is 69.6 Å². The van der Waals surface area contributed by atoms with Gasteiger partial charge in [0.2, 0.25) is 0 Å². The summed E-state index contributed by atoms with van der Waals surface area (Å²) in [5, 5.41) is 18.4. The van der Waals surface area contributed by atoms with Crippen molar-refractivity contribution in [2.75, 3.05) is 43.9 Å². The molecule has 4 aromatic rings. The van der Waals surface area contributed by atoms with Crippen molar-refractivity contribution >= 4 is 40.4 Å². The third-order valence-corrected chi connectivity index (χ3v) is 6.75. The van der Waals surface area contributed by atoms with Crippen molar-refractivity contribution in [3.8, 4) is 17.3 Å². The summed E-state index contributed by atoms with van der Waals surface area (Å²) in [4.78, 5) is 11.6. The number of nitrogens with two attached hydrogens (primary N) is 1. The summed E-state index contributed by atoms with van der Waals surface area (Å²) >= 11 is 12.6. The van der Waals surface area contributed by atoms with Gasteiger partial charge in [-0.2, -0.15) is 10.4 Å². The van der Waals surface area contributed by atoms with E-state index in [4.69, 9.17) is 49.0 Å². The molecule has 3 N–H and O–H groups in total. The first-order valence-electron chi connectivity index (χ1n) is 12.0. The maximum absolute atomic E-state index is 9.05. The summed E-state index contributed by atoms with van der Waals surface area (Å²) in [5.41, 5.74) is 10.4. The van der Waals surface area contributed by atoms with Crippen LogP contribution in [-0.2, 0) is 17.7 Å². The number of hydrogen-bond donors (Lipinski definition) is 2. The molecule has 37 heavy (non-hydrogen) atoms. The van der Waals surface area contributed by atoms with Crippen LogP contribution in [0.2, 0.25) is 10.0 Å². The van der Waals surface area contributed by atoms with Crippen molar-refractivity contribution < 1.29 is 4.74 Å². The summed E-state index contributed by atoms with van der Waals surface area (Å²) in [6.45, 7) is 4.65. The van der Waals surface area contributed by atoms with E-state index < -0.39 is 0 Å². The SMILES string of the molecule is N#Cc1ccc(CCCNc2nc(-c3ccc(Cl)cc3Cl)cn3nc(CN4CCOCC4)cc23)nc1N. The molecule has 9 nitrogen and oxygen atoms in total. The molecule has 5 rings (SSSR count). The van der Waals surface area contributed by atoms with E-state index in [9.17, 15) is 0 Å². The number of halogens is 2. The lowest BCUT2D eigenvalue weighted by atomic mass is 10.1. The number of anilines is 2. The quantitative estimate of drug-likeness (QED) is 0.317. The van der Waals surface area contributed by atoms with Gasteiger partial charge >= 0.3 is 0 Å². The Labute approximate surface area is 224 Å². The fraction of sp³-hybridized carbons (Fsp3) is 0.308. The zero-order chi connectivity index (χ0) is 25.8. The van der Waals surface area contributed by atoms with Crippen molar-refractivity contribution in [1.29, 1.82) is 5.26 Å². The van der Waals surface area contributed by atoms with E-state index in [0.29, 0.717) is 34.3 Å². The minimum atomic E-state index is 0.260. The summed E-state index contributed by atoms with van der Waals surface area (Å²) in [6.07, 6.45) is 3.40. The van der Waals surface area contributed by atoms with E-state index in [1.165, 1.54) is 0 Å². The highest BCUT2D eigenvalue weighted by Gasteiger charge is 2.16. The van der Waals surface area contributed by atoms with Crippen LogP contribution >= 0.6 is 23.2 Å². The number of pyridine rings is 1. The van der Waals surface area contributed by atoms with Gasteiger partial charge in [0.25, 0.3) is 0 Å². The van der Waals surface area contributed by atoms with E-state index >= 15 is 0 Å². The molecule has 1 aromatic carbocycles. The van der Waals surface area contributed by atoms with E-state index in [2.05, 4.69) is 21.3 Å². The third kappa shape index (κ3) is 5.95. The molecule has 1 aliphatic heterocycles. The fourth-order valence-corrected chi connectivity index (χ4v) is 4.80. The molecule has 0 saturated carbocycles. The number of morpholine rings is 1. The number of nitriles is 1. The maximum Gasteiger partial charge on any atom is 0.152 e. The number of aryl methyl sites for hydroxylation is 1. The molecule has 0 bridgehead atoms. The number of nitrogens with zero attached hydrogens (tertiary/aromatic N) is 6. The molecule has 0 aliphatic carbocycles. The monoisotopic (exact) mass is 536 g/mol. The molecule has 1 saturated heterocycles. The van der Waals surface area contributed by atoms with Gasteiger partial charge in [-0.1, -0.05) is 23.2 Å². The van der Waals surface area contributed by atoms with Gasteiger partial charge < -0.3 is 15.8 Å². The molecule has 3 aromatic heterocycles. The summed E-state index contributed by atoms with van der Waals surface area (Å²) in [5.74, 6) is 0.979. The molecule has 4 heterocycles. The number of rotatable bonds is 8.